The molecular formula is C13H14N4S. The third-order valence-electron chi connectivity index (χ3n) is 2.86. The quantitative estimate of drug-likeness (QED) is 0.674. The molecule has 2 heterocycles. The fourth-order valence-corrected chi connectivity index (χ4v) is 2.62. The van der Waals surface area contributed by atoms with Crippen molar-refractivity contribution in [3.05, 3.63) is 47.1 Å². The Labute approximate surface area is 109 Å². The molecule has 4 nitrogen and oxygen atoms in total. The molecule has 0 radical (unpaired) electrons. The Kier molecular flexibility index (Phi) is 3.00. The summed E-state index contributed by atoms with van der Waals surface area (Å²) in [5.74, 6) is 0. The van der Waals surface area contributed by atoms with Crippen molar-refractivity contribution in [1.82, 2.24) is 9.97 Å². The maximum atomic E-state index is 5.57. The summed E-state index contributed by atoms with van der Waals surface area (Å²) in [7, 11) is 0. The summed E-state index contributed by atoms with van der Waals surface area (Å²) in [5.41, 5.74) is 7.97. The Balaban J connectivity index is 1.76. The highest BCUT2D eigenvalue weighted by Gasteiger charge is 2.04. The molecule has 0 spiro atoms. The summed E-state index contributed by atoms with van der Waals surface area (Å²) < 4.78 is 0. The van der Waals surface area contributed by atoms with Crippen LogP contribution in [0.1, 0.15) is 10.4 Å². The number of benzene rings is 1. The average Bonchev–Trinajstić information content (AvgIpc) is 3.03. The van der Waals surface area contributed by atoms with Crippen LogP contribution < -0.4 is 11.1 Å². The normalized spacial score (nSPS) is 10.9. The zero-order chi connectivity index (χ0) is 12.4. The molecule has 0 saturated carbocycles. The lowest BCUT2D eigenvalue weighted by Gasteiger charge is -2.00. The minimum absolute atomic E-state index is 0.548. The molecule has 0 bridgehead atoms. The summed E-state index contributed by atoms with van der Waals surface area (Å²) in [6.45, 7) is 1.31. The van der Waals surface area contributed by atoms with Gasteiger partial charge in [0.25, 0.3) is 0 Å². The molecule has 0 unspecified atom stereocenters. The van der Waals surface area contributed by atoms with Crippen LogP contribution in [0.2, 0.25) is 0 Å². The van der Waals surface area contributed by atoms with E-state index in [1.54, 1.807) is 11.3 Å². The number of aromatic amines is 1. The van der Waals surface area contributed by atoms with E-state index < -0.39 is 0 Å². The predicted octanol–water partition coefficient (Wildman–Crippen LogP) is 2.70. The monoisotopic (exact) mass is 258 g/mol. The first-order chi connectivity index (χ1) is 8.86. The van der Waals surface area contributed by atoms with Gasteiger partial charge in [0.2, 0.25) is 0 Å². The number of H-pyrrole nitrogens is 1. The maximum Gasteiger partial charge on any atom is 0.183 e. The molecule has 0 amide bonds. The highest BCUT2D eigenvalue weighted by molar-refractivity contribution is 7.15. The van der Waals surface area contributed by atoms with Crippen LogP contribution in [-0.4, -0.2) is 9.97 Å². The summed E-state index contributed by atoms with van der Waals surface area (Å²) in [4.78, 5) is 8.64. The van der Waals surface area contributed by atoms with Crippen LogP contribution in [-0.2, 0) is 13.1 Å². The first-order valence-electron chi connectivity index (χ1n) is 5.80. The molecule has 2 aromatic heterocycles. The topological polar surface area (TPSA) is 66.7 Å². The second-order valence-electron chi connectivity index (χ2n) is 4.05. The highest BCUT2D eigenvalue weighted by atomic mass is 32.1. The molecule has 3 aromatic rings. The molecule has 0 atom stereocenters. The zero-order valence-electron chi connectivity index (χ0n) is 9.81. The molecule has 0 saturated heterocycles. The Bertz CT molecular complexity index is 656. The van der Waals surface area contributed by atoms with Gasteiger partial charge in [-0.25, -0.2) is 4.98 Å². The second-order valence-corrected chi connectivity index (χ2v) is 5.16. The summed E-state index contributed by atoms with van der Waals surface area (Å²) >= 11 is 1.60. The van der Waals surface area contributed by atoms with Gasteiger partial charge < -0.3 is 16.0 Å². The van der Waals surface area contributed by atoms with Crippen LogP contribution >= 0.6 is 11.3 Å². The van der Waals surface area contributed by atoms with Crippen LogP contribution in [0.5, 0.6) is 0 Å². The van der Waals surface area contributed by atoms with Gasteiger partial charge in [0.05, 0.1) is 0 Å². The molecule has 1 aromatic carbocycles. The zero-order valence-corrected chi connectivity index (χ0v) is 10.6. The van der Waals surface area contributed by atoms with E-state index in [9.17, 15) is 0 Å². The van der Waals surface area contributed by atoms with Crippen LogP contribution in [0.3, 0.4) is 0 Å². The number of aromatic nitrogens is 2. The number of nitrogens with zero attached hydrogens (tertiary/aromatic N) is 1. The Morgan fingerprint density at radius 2 is 2.22 bits per heavy atom. The third kappa shape index (κ3) is 2.10. The van der Waals surface area contributed by atoms with Crippen molar-refractivity contribution in [2.75, 3.05) is 5.32 Å². The van der Waals surface area contributed by atoms with Gasteiger partial charge in [-0.15, -0.1) is 11.3 Å². The summed E-state index contributed by atoms with van der Waals surface area (Å²) in [5, 5.41) is 5.49. The SMILES string of the molecule is NCc1cnc(NCc2c[nH]c3ccccc23)s1. The van der Waals surface area contributed by atoms with Crippen LogP contribution in [0, 0.1) is 0 Å². The average molecular weight is 258 g/mol. The largest absolute Gasteiger partial charge is 0.361 e. The Hall–Kier alpha value is -1.85. The van der Waals surface area contributed by atoms with Crippen LogP contribution in [0.25, 0.3) is 10.9 Å². The third-order valence-corrected chi connectivity index (χ3v) is 3.84. The number of hydrogen-bond donors (Lipinski definition) is 3. The van der Waals surface area contributed by atoms with Gasteiger partial charge in [0, 0.05) is 41.3 Å². The maximum absolute atomic E-state index is 5.57. The predicted molar refractivity (Wildman–Crippen MR) is 75.6 cm³/mol. The number of rotatable bonds is 4. The fourth-order valence-electron chi connectivity index (χ4n) is 1.93. The van der Waals surface area contributed by atoms with E-state index in [0.717, 1.165) is 22.1 Å². The van der Waals surface area contributed by atoms with E-state index >= 15 is 0 Å². The molecule has 5 heteroatoms. The lowest BCUT2D eigenvalue weighted by atomic mass is 10.2. The van der Waals surface area contributed by atoms with Crippen molar-refractivity contribution in [2.45, 2.75) is 13.1 Å². The summed E-state index contributed by atoms with van der Waals surface area (Å²) in [6.07, 6.45) is 3.86. The molecule has 4 N–H and O–H groups in total. The second kappa shape index (κ2) is 4.80. The van der Waals surface area contributed by atoms with E-state index in [4.69, 9.17) is 5.73 Å². The van der Waals surface area contributed by atoms with E-state index in [2.05, 4.69) is 33.5 Å². The number of para-hydroxylation sites is 1. The number of nitrogens with two attached hydrogens (primary N) is 1. The van der Waals surface area contributed by atoms with Crippen LogP contribution in [0.4, 0.5) is 5.13 Å². The van der Waals surface area contributed by atoms with Gasteiger partial charge in [0.15, 0.2) is 5.13 Å². The molecule has 18 heavy (non-hydrogen) atoms. The lowest BCUT2D eigenvalue weighted by molar-refractivity contribution is 1.09. The molecule has 0 aliphatic heterocycles. The minimum atomic E-state index is 0.548. The van der Waals surface area contributed by atoms with Crippen molar-refractivity contribution >= 4 is 27.4 Å². The van der Waals surface area contributed by atoms with E-state index in [0.29, 0.717) is 6.54 Å². The van der Waals surface area contributed by atoms with Crippen molar-refractivity contribution in [3.63, 3.8) is 0 Å². The van der Waals surface area contributed by atoms with Crippen LogP contribution in [0.15, 0.2) is 36.7 Å². The number of nitrogens with one attached hydrogen (secondary N) is 2. The molecule has 0 aliphatic rings. The van der Waals surface area contributed by atoms with Gasteiger partial charge in [0.1, 0.15) is 0 Å². The standard InChI is InChI=1S/C13H14N4S/c14-5-10-8-17-13(18-10)16-7-9-6-15-12-4-2-1-3-11(9)12/h1-4,6,8,15H,5,7,14H2,(H,16,17). The Morgan fingerprint density at radius 1 is 1.33 bits per heavy atom. The first-order valence-corrected chi connectivity index (χ1v) is 6.62. The van der Waals surface area contributed by atoms with E-state index in [-0.39, 0.29) is 0 Å². The fraction of sp³-hybridized carbons (Fsp3) is 0.154. The molecule has 3 rings (SSSR count). The molecule has 0 fully saturated rings. The molecular weight excluding hydrogens is 244 g/mol. The number of thiazole rings is 1. The van der Waals surface area contributed by atoms with E-state index in [1.807, 2.05) is 18.5 Å². The summed E-state index contributed by atoms with van der Waals surface area (Å²) in [6, 6.07) is 8.28. The van der Waals surface area contributed by atoms with Gasteiger partial charge in [-0.05, 0) is 11.6 Å². The van der Waals surface area contributed by atoms with Crippen molar-refractivity contribution in [3.8, 4) is 0 Å². The number of anilines is 1. The Morgan fingerprint density at radius 3 is 3.06 bits per heavy atom. The molecule has 0 aliphatic carbocycles. The first kappa shape index (κ1) is 11.3. The molecule has 92 valence electrons. The van der Waals surface area contributed by atoms with E-state index in [1.165, 1.54) is 10.9 Å². The lowest BCUT2D eigenvalue weighted by Crippen LogP contribution is -1.97. The van der Waals surface area contributed by atoms with Gasteiger partial charge in [-0.2, -0.15) is 0 Å². The van der Waals surface area contributed by atoms with Crippen molar-refractivity contribution in [1.29, 1.82) is 0 Å². The highest BCUT2D eigenvalue weighted by Crippen LogP contribution is 2.21. The number of hydrogen-bond acceptors (Lipinski definition) is 4. The van der Waals surface area contributed by atoms with Gasteiger partial charge in [-0.3, -0.25) is 0 Å². The minimum Gasteiger partial charge on any atom is -0.361 e. The smallest absolute Gasteiger partial charge is 0.183 e. The van der Waals surface area contributed by atoms with Crippen molar-refractivity contribution in [2.24, 2.45) is 5.73 Å². The number of fused-ring (bicyclic) bond motifs is 1. The van der Waals surface area contributed by atoms with Crippen molar-refractivity contribution < 1.29 is 0 Å². The van der Waals surface area contributed by atoms with Gasteiger partial charge >= 0.3 is 0 Å². The van der Waals surface area contributed by atoms with Gasteiger partial charge in [-0.1, -0.05) is 18.2 Å².